The van der Waals surface area contributed by atoms with Crippen LogP contribution in [0.2, 0.25) is 0 Å². The van der Waals surface area contributed by atoms with E-state index in [9.17, 15) is 0 Å². The summed E-state index contributed by atoms with van der Waals surface area (Å²) in [6, 6.07) is 3.78. The molecule has 0 fully saturated rings. The number of thiazole rings is 1. The summed E-state index contributed by atoms with van der Waals surface area (Å²) in [5.41, 5.74) is 1.78. The number of anilines is 1. The fraction of sp³-hybridized carbons (Fsp3) is 0.333. The molecule has 0 spiro atoms. The van der Waals surface area contributed by atoms with Gasteiger partial charge in [0.15, 0.2) is 5.76 Å². The van der Waals surface area contributed by atoms with Crippen molar-refractivity contribution >= 4 is 17.3 Å². The number of nitrogens with zero attached hydrogens (tertiary/aromatic N) is 4. The molecule has 6 nitrogen and oxygen atoms in total. The minimum Gasteiger partial charge on any atom is -0.460 e. The predicted molar refractivity (Wildman–Crippen MR) is 86.0 cm³/mol. The van der Waals surface area contributed by atoms with Gasteiger partial charge in [0, 0.05) is 17.8 Å². The molecule has 114 valence electrons. The molecule has 0 atom stereocenters. The quantitative estimate of drug-likeness (QED) is 0.779. The maximum absolute atomic E-state index is 5.55. The Bertz CT molecular complexity index is 760. The van der Waals surface area contributed by atoms with Crippen molar-refractivity contribution in [2.75, 3.05) is 11.9 Å². The fourth-order valence-electron chi connectivity index (χ4n) is 2.00. The zero-order valence-electron chi connectivity index (χ0n) is 12.8. The Labute approximate surface area is 132 Å². The molecule has 0 aliphatic carbocycles. The standard InChI is InChI=1S/C15H17N5OS/c1-9-4-5-13(21-9)12-8-17-20-15(19-12)16-7-6-14-18-10(2)11(3)22-14/h4-5,8H,6-7H2,1-3H3,(H,16,19,20). The van der Waals surface area contributed by atoms with Crippen LogP contribution in [0.25, 0.3) is 11.5 Å². The van der Waals surface area contributed by atoms with Gasteiger partial charge in [0.05, 0.1) is 16.9 Å². The summed E-state index contributed by atoms with van der Waals surface area (Å²) in [6.45, 7) is 6.74. The second-order valence-corrected chi connectivity index (χ2v) is 6.29. The van der Waals surface area contributed by atoms with E-state index in [-0.39, 0.29) is 0 Å². The molecule has 0 amide bonds. The lowest BCUT2D eigenvalue weighted by molar-refractivity contribution is 0.545. The lowest BCUT2D eigenvalue weighted by Crippen LogP contribution is -2.09. The molecular formula is C15H17N5OS. The van der Waals surface area contributed by atoms with E-state index in [2.05, 4.69) is 32.4 Å². The van der Waals surface area contributed by atoms with Crippen LogP contribution in [0.15, 0.2) is 22.7 Å². The molecule has 3 aromatic rings. The number of furan rings is 1. The molecule has 0 saturated heterocycles. The fourth-order valence-corrected chi connectivity index (χ4v) is 2.93. The first-order chi connectivity index (χ1) is 10.6. The van der Waals surface area contributed by atoms with Crippen LogP contribution in [-0.4, -0.2) is 26.7 Å². The van der Waals surface area contributed by atoms with Crippen molar-refractivity contribution in [3.63, 3.8) is 0 Å². The highest BCUT2D eigenvalue weighted by Crippen LogP contribution is 2.20. The van der Waals surface area contributed by atoms with Gasteiger partial charge in [-0.25, -0.2) is 9.97 Å². The number of hydrogen-bond acceptors (Lipinski definition) is 7. The maximum atomic E-state index is 5.55. The lowest BCUT2D eigenvalue weighted by Gasteiger charge is -2.03. The van der Waals surface area contributed by atoms with Gasteiger partial charge in [0.1, 0.15) is 11.5 Å². The molecule has 0 radical (unpaired) electrons. The van der Waals surface area contributed by atoms with E-state index in [1.165, 1.54) is 4.88 Å². The molecule has 0 unspecified atom stereocenters. The Morgan fingerprint density at radius 3 is 2.73 bits per heavy atom. The normalized spacial score (nSPS) is 10.9. The molecule has 1 N–H and O–H groups in total. The predicted octanol–water partition coefficient (Wildman–Crippen LogP) is 3.17. The molecule has 0 saturated carbocycles. The van der Waals surface area contributed by atoms with Crippen molar-refractivity contribution < 1.29 is 4.42 Å². The van der Waals surface area contributed by atoms with E-state index in [1.54, 1.807) is 17.5 Å². The molecular weight excluding hydrogens is 298 g/mol. The number of nitrogens with one attached hydrogen (secondary N) is 1. The van der Waals surface area contributed by atoms with Gasteiger partial charge in [-0.1, -0.05) is 0 Å². The summed E-state index contributed by atoms with van der Waals surface area (Å²) >= 11 is 1.73. The molecule has 7 heteroatoms. The molecule has 0 bridgehead atoms. The summed E-state index contributed by atoms with van der Waals surface area (Å²) in [5.74, 6) is 2.04. The number of hydrogen-bond donors (Lipinski definition) is 1. The Balaban J connectivity index is 1.63. The first-order valence-corrected chi connectivity index (χ1v) is 7.87. The van der Waals surface area contributed by atoms with Crippen LogP contribution in [-0.2, 0) is 6.42 Å². The first-order valence-electron chi connectivity index (χ1n) is 7.05. The molecule has 0 aromatic carbocycles. The average Bonchev–Trinajstić information content (AvgIpc) is 3.06. The van der Waals surface area contributed by atoms with Crippen LogP contribution >= 0.6 is 11.3 Å². The first kappa shape index (κ1) is 14.6. The Kier molecular flexibility index (Phi) is 4.15. The highest BCUT2D eigenvalue weighted by Gasteiger charge is 2.08. The van der Waals surface area contributed by atoms with Crippen LogP contribution in [0.3, 0.4) is 0 Å². The van der Waals surface area contributed by atoms with Crippen LogP contribution < -0.4 is 5.32 Å². The summed E-state index contributed by atoms with van der Waals surface area (Å²) in [7, 11) is 0. The summed E-state index contributed by atoms with van der Waals surface area (Å²) in [6.07, 6.45) is 2.43. The van der Waals surface area contributed by atoms with Crippen molar-refractivity contribution in [3.05, 3.63) is 39.7 Å². The zero-order chi connectivity index (χ0) is 15.5. The third-order valence-corrected chi connectivity index (χ3v) is 4.38. The van der Waals surface area contributed by atoms with E-state index in [1.807, 2.05) is 26.0 Å². The van der Waals surface area contributed by atoms with E-state index in [0.717, 1.165) is 22.9 Å². The SMILES string of the molecule is Cc1ccc(-c2cnnc(NCCc3nc(C)c(C)s3)n2)o1. The van der Waals surface area contributed by atoms with Gasteiger partial charge in [0.25, 0.3) is 0 Å². The van der Waals surface area contributed by atoms with Crippen molar-refractivity contribution in [1.82, 2.24) is 20.2 Å². The summed E-state index contributed by atoms with van der Waals surface area (Å²) in [5, 5.41) is 12.3. The Morgan fingerprint density at radius 1 is 1.18 bits per heavy atom. The third kappa shape index (κ3) is 3.30. The van der Waals surface area contributed by atoms with Crippen LogP contribution in [0, 0.1) is 20.8 Å². The second-order valence-electron chi connectivity index (χ2n) is 5.00. The van der Waals surface area contributed by atoms with E-state index in [0.29, 0.717) is 23.9 Å². The van der Waals surface area contributed by atoms with Crippen molar-refractivity contribution in [2.45, 2.75) is 27.2 Å². The summed E-state index contributed by atoms with van der Waals surface area (Å²) < 4.78 is 5.55. The Morgan fingerprint density at radius 2 is 2.05 bits per heavy atom. The van der Waals surface area contributed by atoms with Crippen LogP contribution in [0.4, 0.5) is 5.95 Å². The highest BCUT2D eigenvalue weighted by molar-refractivity contribution is 7.11. The molecule has 22 heavy (non-hydrogen) atoms. The second kappa shape index (κ2) is 6.23. The van der Waals surface area contributed by atoms with E-state index >= 15 is 0 Å². The topological polar surface area (TPSA) is 76.7 Å². The highest BCUT2D eigenvalue weighted by atomic mass is 32.1. The Hall–Kier alpha value is -2.28. The molecule has 3 heterocycles. The number of aromatic nitrogens is 4. The molecule has 3 aromatic heterocycles. The molecule has 3 rings (SSSR count). The van der Waals surface area contributed by atoms with E-state index in [4.69, 9.17) is 4.42 Å². The number of rotatable bonds is 5. The van der Waals surface area contributed by atoms with Crippen molar-refractivity contribution in [1.29, 1.82) is 0 Å². The smallest absolute Gasteiger partial charge is 0.243 e. The minimum atomic E-state index is 0.497. The number of aryl methyl sites for hydroxylation is 3. The van der Waals surface area contributed by atoms with Crippen LogP contribution in [0.1, 0.15) is 21.3 Å². The van der Waals surface area contributed by atoms with Gasteiger partial charge in [-0.3, -0.25) is 0 Å². The minimum absolute atomic E-state index is 0.497. The van der Waals surface area contributed by atoms with Crippen molar-refractivity contribution in [2.24, 2.45) is 0 Å². The van der Waals surface area contributed by atoms with Gasteiger partial charge in [-0.05, 0) is 32.9 Å². The van der Waals surface area contributed by atoms with Gasteiger partial charge < -0.3 is 9.73 Å². The molecule has 0 aliphatic rings. The largest absolute Gasteiger partial charge is 0.460 e. The van der Waals surface area contributed by atoms with Gasteiger partial charge >= 0.3 is 0 Å². The van der Waals surface area contributed by atoms with Crippen LogP contribution in [0.5, 0.6) is 0 Å². The van der Waals surface area contributed by atoms with Gasteiger partial charge in [-0.2, -0.15) is 5.10 Å². The zero-order valence-corrected chi connectivity index (χ0v) is 13.6. The van der Waals surface area contributed by atoms with Crippen molar-refractivity contribution in [3.8, 4) is 11.5 Å². The average molecular weight is 315 g/mol. The monoisotopic (exact) mass is 315 g/mol. The van der Waals surface area contributed by atoms with E-state index < -0.39 is 0 Å². The maximum Gasteiger partial charge on any atom is 0.243 e. The lowest BCUT2D eigenvalue weighted by atomic mass is 10.3. The molecule has 0 aliphatic heterocycles. The third-order valence-electron chi connectivity index (χ3n) is 3.25. The van der Waals surface area contributed by atoms with Gasteiger partial charge in [0.2, 0.25) is 5.95 Å². The summed E-state index contributed by atoms with van der Waals surface area (Å²) in [4.78, 5) is 10.2. The van der Waals surface area contributed by atoms with Gasteiger partial charge in [-0.15, -0.1) is 16.4 Å².